The molecule has 21 heavy (non-hydrogen) atoms. The number of nitrogen functional groups attached to an aromatic ring is 1. The largest absolute Gasteiger partial charge is 0.482 e. The molecule has 110 valence electrons. The number of hydrogen-bond acceptors (Lipinski definition) is 3. The van der Waals surface area contributed by atoms with Gasteiger partial charge < -0.3 is 15.8 Å². The highest BCUT2D eigenvalue weighted by Crippen LogP contribution is 2.29. The second kappa shape index (κ2) is 7.81. The van der Waals surface area contributed by atoms with Gasteiger partial charge in [-0.2, -0.15) is 0 Å². The van der Waals surface area contributed by atoms with Gasteiger partial charge in [0.25, 0.3) is 5.91 Å². The summed E-state index contributed by atoms with van der Waals surface area (Å²) >= 11 is 6.65. The van der Waals surface area contributed by atoms with Crippen LogP contribution in [0.15, 0.2) is 36.4 Å². The average Bonchev–Trinajstić information content (AvgIpc) is 2.40. The maximum Gasteiger partial charge on any atom is 0.262 e. The van der Waals surface area contributed by atoms with Crippen molar-refractivity contribution < 1.29 is 9.53 Å². The Balaban J connectivity index is 2.01. The van der Waals surface area contributed by atoms with Gasteiger partial charge in [-0.1, -0.05) is 12.1 Å². The third-order valence-electron chi connectivity index (χ3n) is 2.55. The number of hydrogen-bond donors (Lipinski definition) is 2. The van der Waals surface area contributed by atoms with Crippen molar-refractivity contribution in [1.82, 2.24) is 0 Å². The number of ether oxygens (including phenoxy) is 1. The number of anilines is 2. The van der Waals surface area contributed by atoms with Crippen LogP contribution in [0, 0.1) is 10.7 Å². The summed E-state index contributed by atoms with van der Waals surface area (Å²) in [4.78, 5) is 11.9. The molecule has 0 heterocycles. The van der Waals surface area contributed by atoms with E-state index in [1.807, 2.05) is 24.3 Å². The number of carbonyl (C=O) groups is 1. The van der Waals surface area contributed by atoms with Crippen LogP contribution in [0.1, 0.15) is 0 Å². The third-order valence-corrected chi connectivity index (χ3v) is 4.77. The van der Waals surface area contributed by atoms with Gasteiger partial charge in [-0.3, -0.25) is 4.79 Å². The summed E-state index contributed by atoms with van der Waals surface area (Å²) in [5.74, 6) is 0.492. The first-order valence-electron chi connectivity index (χ1n) is 5.89. The van der Waals surface area contributed by atoms with E-state index in [2.05, 4.69) is 73.1 Å². The lowest BCUT2D eigenvalue weighted by atomic mass is 10.3. The second-order valence-electron chi connectivity index (χ2n) is 4.12. The normalized spacial score (nSPS) is 10.2. The SMILES string of the molecule is Nc1ccccc1NC(=O)COc1c(I)cc(I)cc1I. The van der Waals surface area contributed by atoms with Crippen LogP contribution in [0.25, 0.3) is 0 Å². The summed E-state index contributed by atoms with van der Waals surface area (Å²) in [7, 11) is 0. The Labute approximate surface area is 163 Å². The fraction of sp³-hybridized carbons (Fsp3) is 0.0714. The molecule has 0 atom stereocenters. The van der Waals surface area contributed by atoms with Gasteiger partial charge >= 0.3 is 0 Å². The van der Waals surface area contributed by atoms with Gasteiger partial charge in [0.2, 0.25) is 0 Å². The summed E-state index contributed by atoms with van der Waals surface area (Å²) in [6.07, 6.45) is 0. The van der Waals surface area contributed by atoms with Crippen LogP contribution in [0.3, 0.4) is 0 Å². The van der Waals surface area contributed by atoms with Crippen LogP contribution in [0.5, 0.6) is 5.75 Å². The standard InChI is InChI=1S/C14H11I3N2O2/c15-8-5-9(16)14(10(17)6-8)21-7-13(20)19-12-4-2-1-3-11(12)18/h1-6H,7,18H2,(H,19,20). The van der Waals surface area contributed by atoms with E-state index < -0.39 is 0 Å². The van der Waals surface area contributed by atoms with E-state index in [4.69, 9.17) is 10.5 Å². The number of para-hydroxylation sites is 2. The van der Waals surface area contributed by atoms with Crippen LogP contribution >= 0.6 is 67.8 Å². The molecule has 2 aromatic carbocycles. The minimum Gasteiger partial charge on any atom is -0.482 e. The molecule has 0 aliphatic carbocycles. The summed E-state index contributed by atoms with van der Waals surface area (Å²) in [5.41, 5.74) is 6.91. The number of rotatable bonds is 4. The van der Waals surface area contributed by atoms with Crippen molar-refractivity contribution in [2.24, 2.45) is 0 Å². The molecule has 0 fully saturated rings. The van der Waals surface area contributed by atoms with E-state index in [1.165, 1.54) is 0 Å². The van der Waals surface area contributed by atoms with E-state index >= 15 is 0 Å². The molecule has 0 saturated heterocycles. The number of nitrogens with one attached hydrogen (secondary N) is 1. The predicted octanol–water partition coefficient (Wildman–Crippen LogP) is 4.10. The Hall–Kier alpha value is -0.300. The van der Waals surface area contributed by atoms with Crippen molar-refractivity contribution in [3.05, 3.63) is 47.1 Å². The van der Waals surface area contributed by atoms with Gasteiger partial charge in [0.05, 0.1) is 18.5 Å². The molecule has 2 aromatic rings. The zero-order valence-electron chi connectivity index (χ0n) is 10.7. The topological polar surface area (TPSA) is 64.3 Å². The molecule has 0 aliphatic rings. The summed E-state index contributed by atoms with van der Waals surface area (Å²) in [6, 6.07) is 11.1. The minimum absolute atomic E-state index is 0.0546. The van der Waals surface area contributed by atoms with Crippen molar-refractivity contribution in [3.63, 3.8) is 0 Å². The van der Waals surface area contributed by atoms with E-state index in [-0.39, 0.29) is 12.5 Å². The zero-order chi connectivity index (χ0) is 15.4. The van der Waals surface area contributed by atoms with Gasteiger partial charge in [-0.15, -0.1) is 0 Å². The van der Waals surface area contributed by atoms with E-state index in [1.54, 1.807) is 12.1 Å². The highest BCUT2D eigenvalue weighted by atomic mass is 127. The van der Waals surface area contributed by atoms with Gasteiger partial charge in [-0.05, 0) is 92.0 Å². The molecule has 0 saturated carbocycles. The maximum absolute atomic E-state index is 11.9. The molecule has 0 unspecified atom stereocenters. The van der Waals surface area contributed by atoms with Crippen LogP contribution in [-0.2, 0) is 4.79 Å². The fourth-order valence-corrected chi connectivity index (χ4v) is 5.50. The molecule has 0 radical (unpaired) electrons. The number of benzene rings is 2. The van der Waals surface area contributed by atoms with Crippen LogP contribution < -0.4 is 15.8 Å². The minimum atomic E-state index is -0.238. The Morgan fingerprint density at radius 1 is 1.14 bits per heavy atom. The fourth-order valence-electron chi connectivity index (χ4n) is 1.60. The number of amides is 1. The zero-order valence-corrected chi connectivity index (χ0v) is 17.2. The van der Waals surface area contributed by atoms with Crippen molar-refractivity contribution >= 4 is 85.1 Å². The van der Waals surface area contributed by atoms with Gasteiger partial charge in [0.15, 0.2) is 6.61 Å². The Morgan fingerprint density at radius 3 is 2.38 bits per heavy atom. The molecule has 0 aromatic heterocycles. The van der Waals surface area contributed by atoms with E-state index in [0.717, 1.165) is 16.5 Å². The van der Waals surface area contributed by atoms with Crippen LogP contribution in [-0.4, -0.2) is 12.5 Å². The van der Waals surface area contributed by atoms with E-state index in [0.29, 0.717) is 11.4 Å². The Morgan fingerprint density at radius 2 is 1.76 bits per heavy atom. The lowest BCUT2D eigenvalue weighted by molar-refractivity contribution is -0.118. The monoisotopic (exact) mass is 620 g/mol. The molecule has 7 heteroatoms. The van der Waals surface area contributed by atoms with E-state index in [9.17, 15) is 4.79 Å². The molecule has 0 aliphatic heterocycles. The summed E-state index contributed by atoms with van der Waals surface area (Å²) in [6.45, 7) is -0.0546. The van der Waals surface area contributed by atoms with Crippen molar-refractivity contribution in [1.29, 1.82) is 0 Å². The quantitative estimate of drug-likeness (QED) is 0.400. The van der Waals surface area contributed by atoms with Crippen molar-refractivity contribution in [2.75, 3.05) is 17.7 Å². The second-order valence-corrected chi connectivity index (χ2v) is 7.69. The first-order valence-corrected chi connectivity index (χ1v) is 9.12. The van der Waals surface area contributed by atoms with Crippen LogP contribution in [0.2, 0.25) is 0 Å². The molecule has 3 N–H and O–H groups in total. The lowest BCUT2D eigenvalue weighted by Gasteiger charge is -2.12. The predicted molar refractivity (Wildman–Crippen MR) is 110 cm³/mol. The van der Waals surface area contributed by atoms with Gasteiger partial charge in [-0.25, -0.2) is 0 Å². The Kier molecular flexibility index (Phi) is 6.34. The molecule has 1 amide bonds. The first kappa shape index (κ1) is 17.1. The van der Waals surface area contributed by atoms with Crippen molar-refractivity contribution in [3.8, 4) is 5.75 Å². The highest BCUT2D eigenvalue weighted by Gasteiger charge is 2.11. The first-order chi connectivity index (χ1) is 9.97. The molecule has 2 rings (SSSR count). The summed E-state index contributed by atoms with van der Waals surface area (Å²) in [5, 5.41) is 2.74. The van der Waals surface area contributed by atoms with Gasteiger partial charge in [0, 0.05) is 3.57 Å². The lowest BCUT2D eigenvalue weighted by Crippen LogP contribution is -2.21. The number of nitrogens with two attached hydrogens (primary N) is 1. The molecular weight excluding hydrogens is 609 g/mol. The third kappa shape index (κ3) is 4.84. The molecule has 4 nitrogen and oxygen atoms in total. The number of halogens is 3. The van der Waals surface area contributed by atoms with Crippen LogP contribution in [0.4, 0.5) is 11.4 Å². The average molecular weight is 620 g/mol. The molecule has 0 bridgehead atoms. The van der Waals surface area contributed by atoms with Gasteiger partial charge in [0.1, 0.15) is 5.75 Å². The van der Waals surface area contributed by atoms with Crippen molar-refractivity contribution in [2.45, 2.75) is 0 Å². The molecular formula is C14H11I3N2O2. The smallest absolute Gasteiger partial charge is 0.262 e. The number of carbonyl (C=O) groups excluding carboxylic acids is 1. The Bertz CT molecular complexity index is 654. The summed E-state index contributed by atoms with van der Waals surface area (Å²) < 4.78 is 8.72. The molecule has 0 spiro atoms. The highest BCUT2D eigenvalue weighted by molar-refractivity contribution is 14.1. The maximum atomic E-state index is 11.9.